The van der Waals surface area contributed by atoms with Crippen LogP contribution in [0.25, 0.3) is 11.1 Å². The summed E-state index contributed by atoms with van der Waals surface area (Å²) in [6.07, 6.45) is 1.09. The molecule has 0 unspecified atom stereocenters. The fourth-order valence-corrected chi connectivity index (χ4v) is 4.84. The van der Waals surface area contributed by atoms with Crippen LogP contribution in [0.5, 0.6) is 5.75 Å². The number of carboxylic acids is 1. The van der Waals surface area contributed by atoms with Crippen LogP contribution in [0, 0.1) is 20.8 Å². The zero-order chi connectivity index (χ0) is 29.0. The summed E-state index contributed by atoms with van der Waals surface area (Å²) >= 11 is 6.25. The van der Waals surface area contributed by atoms with Crippen molar-refractivity contribution in [1.29, 1.82) is 0 Å². The molecule has 0 bridgehead atoms. The summed E-state index contributed by atoms with van der Waals surface area (Å²) < 4.78 is 1.34. The Morgan fingerprint density at radius 1 is 0.950 bits per heavy atom. The molecule has 206 valence electrons. The molecule has 0 aliphatic carbocycles. The number of rotatable bonds is 8. The number of halogens is 1. The largest absolute Gasteiger partial charge is 0.505 e. The standard InChI is InChI=1S/C31H30ClN3O5/c1-18-11-19(2)13-24(12-18)21-8-6-9-22(14-21)26(15-27(36)37)33-31(40)34-28-29(38)20(3)16-35(30(28)39)17-23-7-4-5-10-25(23)32/h4-14,16,26,38H,15,17H2,1-3H3,(H,36,37)(H2,33,34,40)/t26-/m0/s1. The molecule has 0 fully saturated rings. The van der Waals surface area contributed by atoms with Crippen LogP contribution in [0.15, 0.2) is 77.7 Å². The number of carbonyl (C=O) groups excluding carboxylic acids is 1. The van der Waals surface area contributed by atoms with E-state index in [1.165, 1.54) is 10.8 Å². The lowest BCUT2D eigenvalue weighted by atomic mass is 9.96. The summed E-state index contributed by atoms with van der Waals surface area (Å²) in [7, 11) is 0. The molecule has 8 nitrogen and oxygen atoms in total. The van der Waals surface area contributed by atoms with Gasteiger partial charge >= 0.3 is 12.0 Å². The van der Waals surface area contributed by atoms with E-state index in [2.05, 4.69) is 16.7 Å². The number of aliphatic carboxylic acids is 1. The molecule has 1 atom stereocenters. The summed E-state index contributed by atoms with van der Waals surface area (Å²) in [5, 5.41) is 25.7. The number of benzene rings is 3. The Morgan fingerprint density at radius 3 is 2.33 bits per heavy atom. The van der Waals surface area contributed by atoms with Crippen molar-refractivity contribution in [2.45, 2.75) is 39.8 Å². The van der Waals surface area contributed by atoms with Crippen molar-refractivity contribution >= 4 is 29.3 Å². The molecular weight excluding hydrogens is 530 g/mol. The van der Waals surface area contributed by atoms with Crippen molar-refractivity contribution < 1.29 is 19.8 Å². The fraction of sp³-hybridized carbons (Fsp3) is 0.194. The number of pyridine rings is 1. The molecule has 0 aliphatic rings. The maximum Gasteiger partial charge on any atom is 0.319 e. The van der Waals surface area contributed by atoms with E-state index >= 15 is 0 Å². The van der Waals surface area contributed by atoms with E-state index in [1.807, 2.05) is 38.1 Å². The third kappa shape index (κ3) is 6.71. The summed E-state index contributed by atoms with van der Waals surface area (Å²) in [5.74, 6) is -1.48. The molecular formula is C31H30ClN3O5. The molecule has 9 heteroatoms. The Kier molecular flexibility index (Phi) is 8.60. The van der Waals surface area contributed by atoms with Gasteiger partial charge in [0.15, 0.2) is 5.69 Å². The maximum atomic E-state index is 13.2. The van der Waals surface area contributed by atoms with Gasteiger partial charge in [0, 0.05) is 16.8 Å². The minimum atomic E-state index is -1.11. The van der Waals surface area contributed by atoms with E-state index in [9.17, 15) is 24.6 Å². The minimum Gasteiger partial charge on any atom is -0.505 e. The van der Waals surface area contributed by atoms with Crippen LogP contribution < -0.4 is 16.2 Å². The molecule has 4 rings (SSSR count). The van der Waals surface area contributed by atoms with E-state index in [4.69, 9.17) is 11.6 Å². The summed E-state index contributed by atoms with van der Waals surface area (Å²) in [5.41, 5.74) is 4.73. The number of aromatic hydroxyl groups is 1. The molecule has 0 radical (unpaired) electrons. The average Bonchev–Trinajstić information content (AvgIpc) is 2.90. The number of aromatic nitrogens is 1. The van der Waals surface area contributed by atoms with Gasteiger partial charge < -0.3 is 25.4 Å². The van der Waals surface area contributed by atoms with Crippen molar-refractivity contribution in [2.75, 3.05) is 5.32 Å². The van der Waals surface area contributed by atoms with Crippen LogP contribution in [0.2, 0.25) is 5.02 Å². The van der Waals surface area contributed by atoms with Gasteiger partial charge in [-0.15, -0.1) is 0 Å². The summed E-state index contributed by atoms with van der Waals surface area (Å²) in [6.45, 7) is 5.74. The Morgan fingerprint density at radius 2 is 1.65 bits per heavy atom. The normalized spacial score (nSPS) is 11.6. The molecule has 0 aliphatic heterocycles. The van der Waals surface area contributed by atoms with Crippen LogP contribution in [-0.2, 0) is 11.3 Å². The van der Waals surface area contributed by atoms with Gasteiger partial charge in [0.25, 0.3) is 5.56 Å². The van der Waals surface area contributed by atoms with E-state index in [0.717, 1.165) is 22.3 Å². The van der Waals surface area contributed by atoms with E-state index in [-0.39, 0.29) is 24.4 Å². The van der Waals surface area contributed by atoms with Gasteiger partial charge in [-0.25, -0.2) is 4.79 Å². The number of nitrogens with zero attached hydrogens (tertiary/aromatic N) is 1. The molecule has 0 spiro atoms. The van der Waals surface area contributed by atoms with Crippen molar-refractivity contribution in [1.82, 2.24) is 9.88 Å². The lowest BCUT2D eigenvalue weighted by Gasteiger charge is -2.20. The Hall–Kier alpha value is -4.56. The second-order valence-corrected chi connectivity index (χ2v) is 10.2. The molecule has 1 heterocycles. The predicted molar refractivity (Wildman–Crippen MR) is 156 cm³/mol. The number of anilines is 1. The number of hydrogen-bond acceptors (Lipinski definition) is 4. The van der Waals surface area contributed by atoms with Gasteiger partial charge in [-0.3, -0.25) is 9.59 Å². The fourth-order valence-electron chi connectivity index (χ4n) is 4.65. The second-order valence-electron chi connectivity index (χ2n) is 9.81. The number of urea groups is 1. The van der Waals surface area contributed by atoms with Gasteiger partial charge in [0.2, 0.25) is 0 Å². The van der Waals surface area contributed by atoms with E-state index in [1.54, 1.807) is 43.3 Å². The number of nitrogens with one attached hydrogen (secondary N) is 2. The molecule has 4 N–H and O–H groups in total. The predicted octanol–water partition coefficient (Wildman–Crippen LogP) is 6.19. The van der Waals surface area contributed by atoms with Gasteiger partial charge in [0.1, 0.15) is 5.75 Å². The van der Waals surface area contributed by atoms with Gasteiger partial charge in [-0.1, -0.05) is 77.3 Å². The monoisotopic (exact) mass is 559 g/mol. The van der Waals surface area contributed by atoms with Crippen molar-refractivity contribution in [3.63, 3.8) is 0 Å². The average molecular weight is 560 g/mol. The number of aryl methyl sites for hydroxylation is 3. The first-order valence-corrected chi connectivity index (χ1v) is 13.0. The van der Waals surface area contributed by atoms with Gasteiger partial charge in [-0.2, -0.15) is 0 Å². The first-order valence-electron chi connectivity index (χ1n) is 12.7. The number of amides is 2. The highest BCUT2D eigenvalue weighted by Gasteiger charge is 2.22. The van der Waals surface area contributed by atoms with Crippen LogP contribution in [0.1, 0.15) is 40.3 Å². The highest BCUT2D eigenvalue weighted by Crippen LogP contribution is 2.28. The lowest BCUT2D eigenvalue weighted by molar-refractivity contribution is -0.137. The molecule has 2 amide bonds. The first-order chi connectivity index (χ1) is 19.0. The Balaban J connectivity index is 1.61. The number of carbonyl (C=O) groups is 2. The van der Waals surface area contributed by atoms with Crippen molar-refractivity contribution in [2.24, 2.45) is 0 Å². The molecule has 3 aromatic carbocycles. The first kappa shape index (κ1) is 28.4. The zero-order valence-electron chi connectivity index (χ0n) is 22.4. The summed E-state index contributed by atoms with van der Waals surface area (Å²) in [6, 6.07) is 18.8. The van der Waals surface area contributed by atoms with Crippen LogP contribution >= 0.6 is 11.6 Å². The number of hydrogen-bond donors (Lipinski definition) is 4. The van der Waals surface area contributed by atoms with Gasteiger partial charge in [0.05, 0.1) is 19.0 Å². The topological polar surface area (TPSA) is 121 Å². The maximum absolute atomic E-state index is 13.2. The third-order valence-corrected chi connectivity index (χ3v) is 6.87. The zero-order valence-corrected chi connectivity index (χ0v) is 23.1. The summed E-state index contributed by atoms with van der Waals surface area (Å²) in [4.78, 5) is 38.0. The smallest absolute Gasteiger partial charge is 0.319 e. The van der Waals surface area contributed by atoms with Crippen molar-refractivity contribution in [3.8, 4) is 16.9 Å². The highest BCUT2D eigenvalue weighted by atomic mass is 35.5. The third-order valence-electron chi connectivity index (χ3n) is 6.50. The Labute approximate surface area is 236 Å². The van der Waals surface area contributed by atoms with Crippen LogP contribution in [0.4, 0.5) is 10.5 Å². The molecule has 1 aromatic heterocycles. The SMILES string of the molecule is Cc1cc(C)cc(-c2cccc([C@H](CC(=O)O)NC(=O)Nc3c(O)c(C)cn(Cc4ccccc4Cl)c3=O)c2)c1. The Bertz CT molecular complexity index is 1630. The molecule has 40 heavy (non-hydrogen) atoms. The minimum absolute atomic E-state index is 0.128. The molecule has 0 saturated carbocycles. The lowest BCUT2D eigenvalue weighted by Crippen LogP contribution is -2.36. The van der Waals surface area contributed by atoms with Gasteiger partial charge in [-0.05, 0) is 55.2 Å². The van der Waals surface area contributed by atoms with Crippen LogP contribution in [-0.4, -0.2) is 26.8 Å². The molecule has 4 aromatic rings. The quantitative estimate of drug-likeness (QED) is 0.205. The van der Waals surface area contributed by atoms with Crippen LogP contribution in [0.3, 0.4) is 0 Å². The number of carboxylic acid groups (broad SMARTS) is 1. The van der Waals surface area contributed by atoms with Crippen molar-refractivity contribution in [3.05, 3.63) is 116 Å². The second kappa shape index (κ2) is 12.1. The van der Waals surface area contributed by atoms with E-state index < -0.39 is 23.6 Å². The molecule has 0 saturated heterocycles. The van der Waals surface area contributed by atoms with E-state index in [0.29, 0.717) is 21.7 Å². The highest BCUT2D eigenvalue weighted by molar-refractivity contribution is 6.31.